The Hall–Kier alpha value is -1.71. The van der Waals surface area contributed by atoms with Crippen LogP contribution in [-0.4, -0.2) is 5.91 Å². The third-order valence-corrected chi connectivity index (χ3v) is 3.05. The molecule has 0 saturated heterocycles. The van der Waals surface area contributed by atoms with Gasteiger partial charge in [0.15, 0.2) is 0 Å². The predicted octanol–water partition coefficient (Wildman–Crippen LogP) is 3.83. The van der Waals surface area contributed by atoms with Gasteiger partial charge in [-0.2, -0.15) is 0 Å². The molecule has 92 valence electrons. The largest absolute Gasteiger partial charge is 0.398 e. The summed E-state index contributed by atoms with van der Waals surface area (Å²) in [5.74, 6) is -0.311. The summed E-state index contributed by atoms with van der Waals surface area (Å²) in [6.07, 6.45) is 0. The van der Waals surface area contributed by atoms with Gasteiger partial charge in [-0.3, -0.25) is 4.79 Å². The molecule has 0 radical (unpaired) electrons. The Morgan fingerprint density at radius 2 is 1.72 bits per heavy atom. The van der Waals surface area contributed by atoms with Gasteiger partial charge >= 0.3 is 0 Å². The van der Waals surface area contributed by atoms with Crippen LogP contribution in [0.1, 0.15) is 10.4 Å². The molecule has 0 bridgehead atoms. The van der Waals surface area contributed by atoms with Crippen LogP contribution in [0.25, 0.3) is 0 Å². The van der Waals surface area contributed by atoms with Crippen molar-refractivity contribution in [3.05, 3.63) is 58.1 Å². The molecule has 0 fully saturated rings. The topological polar surface area (TPSA) is 55.1 Å². The first-order chi connectivity index (χ1) is 8.58. The highest BCUT2D eigenvalue weighted by atomic mass is 35.5. The van der Waals surface area contributed by atoms with Crippen molar-refractivity contribution in [1.82, 2.24) is 0 Å². The second-order valence-electron chi connectivity index (χ2n) is 3.67. The van der Waals surface area contributed by atoms with Gasteiger partial charge < -0.3 is 11.1 Å². The van der Waals surface area contributed by atoms with E-state index in [9.17, 15) is 4.79 Å². The number of nitrogen functional groups attached to an aromatic ring is 1. The van der Waals surface area contributed by atoms with Crippen molar-refractivity contribution >= 4 is 40.5 Å². The summed E-state index contributed by atoms with van der Waals surface area (Å²) in [5, 5.41) is 3.58. The molecule has 3 nitrogen and oxygen atoms in total. The van der Waals surface area contributed by atoms with Crippen LogP contribution >= 0.6 is 23.2 Å². The molecule has 0 saturated carbocycles. The van der Waals surface area contributed by atoms with Gasteiger partial charge in [-0.25, -0.2) is 0 Å². The van der Waals surface area contributed by atoms with Gasteiger partial charge in [-0.05, 0) is 36.4 Å². The van der Waals surface area contributed by atoms with Gasteiger partial charge in [0.05, 0.1) is 16.3 Å². The summed E-state index contributed by atoms with van der Waals surface area (Å²) in [7, 11) is 0. The first-order valence-corrected chi connectivity index (χ1v) is 5.94. The Labute approximate surface area is 115 Å². The zero-order valence-electron chi connectivity index (χ0n) is 9.28. The fourth-order valence-corrected chi connectivity index (χ4v) is 1.79. The molecule has 0 aliphatic heterocycles. The minimum atomic E-state index is -0.311. The first-order valence-electron chi connectivity index (χ1n) is 5.19. The van der Waals surface area contributed by atoms with Gasteiger partial charge in [0.1, 0.15) is 0 Å². The van der Waals surface area contributed by atoms with Crippen LogP contribution in [0.2, 0.25) is 10.0 Å². The number of nitrogens with one attached hydrogen (secondary N) is 1. The standard InChI is InChI=1S/C13H10Cl2N2O/c14-8-4-6-9(7-5-8)17-13(18)10-2-1-3-11(16)12(10)15/h1-7H,16H2,(H,17,18). The van der Waals surface area contributed by atoms with Crippen LogP contribution in [0, 0.1) is 0 Å². The maximum Gasteiger partial charge on any atom is 0.257 e. The van der Waals surface area contributed by atoms with Gasteiger partial charge in [0, 0.05) is 10.7 Å². The third-order valence-electron chi connectivity index (χ3n) is 2.38. The van der Waals surface area contributed by atoms with Crippen molar-refractivity contribution in [2.75, 3.05) is 11.1 Å². The molecule has 0 atom stereocenters. The lowest BCUT2D eigenvalue weighted by atomic mass is 10.2. The Kier molecular flexibility index (Phi) is 3.75. The fraction of sp³-hybridized carbons (Fsp3) is 0. The third kappa shape index (κ3) is 2.75. The van der Waals surface area contributed by atoms with Crippen LogP contribution in [0.4, 0.5) is 11.4 Å². The van der Waals surface area contributed by atoms with Crippen molar-refractivity contribution in [2.45, 2.75) is 0 Å². The minimum Gasteiger partial charge on any atom is -0.398 e. The Bertz CT molecular complexity index is 582. The highest BCUT2D eigenvalue weighted by Crippen LogP contribution is 2.24. The van der Waals surface area contributed by atoms with E-state index in [1.807, 2.05) is 0 Å². The molecule has 0 aliphatic rings. The molecule has 1 amide bonds. The Balaban J connectivity index is 2.22. The monoisotopic (exact) mass is 280 g/mol. The average molecular weight is 281 g/mol. The van der Waals surface area contributed by atoms with Gasteiger partial charge in [-0.1, -0.05) is 29.3 Å². The van der Waals surface area contributed by atoms with Crippen LogP contribution in [0.5, 0.6) is 0 Å². The molecular weight excluding hydrogens is 271 g/mol. The summed E-state index contributed by atoms with van der Waals surface area (Å²) in [6.45, 7) is 0. The first kappa shape index (κ1) is 12.7. The van der Waals surface area contributed by atoms with Crippen molar-refractivity contribution in [3.8, 4) is 0 Å². The van der Waals surface area contributed by atoms with E-state index < -0.39 is 0 Å². The number of hydrogen-bond donors (Lipinski definition) is 2. The molecule has 0 heterocycles. The van der Waals surface area contributed by atoms with E-state index in [1.54, 1.807) is 42.5 Å². The quantitative estimate of drug-likeness (QED) is 0.822. The maximum atomic E-state index is 12.0. The van der Waals surface area contributed by atoms with Crippen LogP contribution in [0.3, 0.4) is 0 Å². The second kappa shape index (κ2) is 5.29. The number of benzene rings is 2. The van der Waals surface area contributed by atoms with E-state index in [0.717, 1.165) is 0 Å². The summed E-state index contributed by atoms with van der Waals surface area (Å²) in [4.78, 5) is 12.0. The fourth-order valence-electron chi connectivity index (χ4n) is 1.46. The van der Waals surface area contributed by atoms with E-state index in [0.29, 0.717) is 22.0 Å². The number of carbonyl (C=O) groups excluding carboxylic acids is 1. The number of halogens is 2. The lowest BCUT2D eigenvalue weighted by Crippen LogP contribution is -2.12. The van der Waals surface area contributed by atoms with Crippen LogP contribution in [0.15, 0.2) is 42.5 Å². The van der Waals surface area contributed by atoms with Gasteiger partial charge in [-0.15, -0.1) is 0 Å². The number of rotatable bonds is 2. The molecule has 0 spiro atoms. The molecule has 18 heavy (non-hydrogen) atoms. The van der Waals surface area contributed by atoms with E-state index in [1.165, 1.54) is 0 Å². The molecule has 0 unspecified atom stereocenters. The van der Waals surface area contributed by atoms with Gasteiger partial charge in [0.2, 0.25) is 0 Å². The van der Waals surface area contributed by atoms with Crippen molar-refractivity contribution in [2.24, 2.45) is 0 Å². The van der Waals surface area contributed by atoms with E-state index in [2.05, 4.69) is 5.32 Å². The van der Waals surface area contributed by atoms with Crippen molar-refractivity contribution in [3.63, 3.8) is 0 Å². The average Bonchev–Trinajstić information content (AvgIpc) is 2.35. The molecule has 3 N–H and O–H groups in total. The number of amides is 1. The maximum absolute atomic E-state index is 12.0. The number of carbonyl (C=O) groups is 1. The van der Waals surface area contributed by atoms with Crippen molar-refractivity contribution in [1.29, 1.82) is 0 Å². The molecule has 2 aromatic rings. The lowest BCUT2D eigenvalue weighted by molar-refractivity contribution is 0.102. The summed E-state index contributed by atoms with van der Waals surface area (Å²) in [6, 6.07) is 11.7. The Morgan fingerprint density at radius 1 is 1.06 bits per heavy atom. The highest BCUT2D eigenvalue weighted by Gasteiger charge is 2.12. The predicted molar refractivity (Wildman–Crippen MR) is 75.3 cm³/mol. The normalized spacial score (nSPS) is 10.1. The SMILES string of the molecule is Nc1cccc(C(=O)Nc2ccc(Cl)cc2)c1Cl. The molecule has 0 aromatic heterocycles. The van der Waals surface area contributed by atoms with Crippen LogP contribution < -0.4 is 11.1 Å². The zero-order chi connectivity index (χ0) is 13.1. The Morgan fingerprint density at radius 3 is 2.39 bits per heavy atom. The van der Waals surface area contributed by atoms with E-state index in [-0.39, 0.29) is 10.9 Å². The lowest BCUT2D eigenvalue weighted by Gasteiger charge is -2.08. The number of anilines is 2. The number of nitrogens with two attached hydrogens (primary N) is 1. The summed E-state index contributed by atoms with van der Waals surface area (Å²) in [5.41, 5.74) is 7.00. The zero-order valence-corrected chi connectivity index (χ0v) is 10.8. The van der Waals surface area contributed by atoms with Gasteiger partial charge in [0.25, 0.3) is 5.91 Å². The molecule has 2 rings (SSSR count). The van der Waals surface area contributed by atoms with Crippen molar-refractivity contribution < 1.29 is 4.79 Å². The molecule has 2 aromatic carbocycles. The second-order valence-corrected chi connectivity index (χ2v) is 4.48. The van der Waals surface area contributed by atoms with E-state index >= 15 is 0 Å². The summed E-state index contributed by atoms with van der Waals surface area (Å²) < 4.78 is 0. The molecule has 5 heteroatoms. The van der Waals surface area contributed by atoms with Crippen LogP contribution in [-0.2, 0) is 0 Å². The summed E-state index contributed by atoms with van der Waals surface area (Å²) >= 11 is 11.7. The minimum absolute atomic E-state index is 0.254. The molecule has 0 aliphatic carbocycles. The van der Waals surface area contributed by atoms with E-state index in [4.69, 9.17) is 28.9 Å². The highest BCUT2D eigenvalue weighted by molar-refractivity contribution is 6.36. The number of hydrogen-bond acceptors (Lipinski definition) is 2. The smallest absolute Gasteiger partial charge is 0.257 e. The molecular formula is C13H10Cl2N2O.